The van der Waals surface area contributed by atoms with Crippen molar-refractivity contribution in [3.63, 3.8) is 0 Å². The Labute approximate surface area is 198 Å². The molecule has 2 aromatic rings. The third-order valence-electron chi connectivity index (χ3n) is 5.82. The van der Waals surface area contributed by atoms with Crippen molar-refractivity contribution in [2.24, 2.45) is 0 Å². The van der Waals surface area contributed by atoms with Gasteiger partial charge < -0.3 is 15.3 Å². The first-order valence-electron chi connectivity index (χ1n) is 10.7. The molecule has 0 aromatic heterocycles. The number of fused-ring (bicyclic) bond motifs is 1. The van der Waals surface area contributed by atoms with Gasteiger partial charge in [0.05, 0.1) is 6.42 Å². The molecular formula is C26H31IN2O2. The molecule has 1 atom stereocenters. The van der Waals surface area contributed by atoms with Crippen LogP contribution in [-0.4, -0.2) is 28.6 Å². The number of nitrogens with zero attached hydrogens (tertiary/aromatic N) is 1. The number of nitrogens with one attached hydrogen (secondary N) is 1. The summed E-state index contributed by atoms with van der Waals surface area (Å²) in [6.45, 7) is 5.01. The van der Waals surface area contributed by atoms with Crippen LogP contribution in [-0.2, 0) is 10.2 Å². The van der Waals surface area contributed by atoms with E-state index in [-0.39, 0.29) is 15.8 Å². The zero-order chi connectivity index (χ0) is 22.4. The van der Waals surface area contributed by atoms with E-state index in [0.29, 0.717) is 6.54 Å². The van der Waals surface area contributed by atoms with E-state index in [1.54, 1.807) is 0 Å². The van der Waals surface area contributed by atoms with Crippen LogP contribution in [0.25, 0.3) is 10.8 Å². The summed E-state index contributed by atoms with van der Waals surface area (Å²) in [5.74, 6) is -0.778. The zero-order valence-corrected chi connectivity index (χ0v) is 20.6. The molecule has 0 heterocycles. The average molecular weight is 530 g/mol. The molecule has 1 aliphatic rings. The highest BCUT2D eigenvalue weighted by molar-refractivity contribution is 14.1. The SMILES string of the molecule is CN(CCC(=O)O)c1ccc2ccccc2c1C(C)(C)C(I)/C=C/NC1=CCCC=C1. The number of carboxylic acids is 1. The maximum absolute atomic E-state index is 11.1. The number of rotatable bonds is 9. The molecule has 4 nitrogen and oxygen atoms in total. The van der Waals surface area contributed by atoms with Gasteiger partial charge in [0.1, 0.15) is 0 Å². The highest BCUT2D eigenvalue weighted by atomic mass is 127. The van der Waals surface area contributed by atoms with E-state index in [1.807, 2.05) is 13.2 Å². The minimum absolute atomic E-state index is 0.114. The topological polar surface area (TPSA) is 52.6 Å². The van der Waals surface area contributed by atoms with Crippen LogP contribution in [0, 0.1) is 0 Å². The van der Waals surface area contributed by atoms with Crippen molar-refractivity contribution in [2.45, 2.75) is 42.4 Å². The number of anilines is 1. The maximum atomic E-state index is 11.1. The van der Waals surface area contributed by atoms with Crippen LogP contribution in [0.2, 0.25) is 0 Å². The molecule has 1 unspecified atom stereocenters. The molecule has 31 heavy (non-hydrogen) atoms. The van der Waals surface area contributed by atoms with Gasteiger partial charge >= 0.3 is 5.97 Å². The summed E-state index contributed by atoms with van der Waals surface area (Å²) < 4.78 is 0.225. The minimum Gasteiger partial charge on any atom is -0.481 e. The molecule has 2 N–H and O–H groups in total. The highest BCUT2D eigenvalue weighted by Crippen LogP contribution is 2.42. The average Bonchev–Trinajstić information content (AvgIpc) is 2.77. The van der Waals surface area contributed by atoms with E-state index in [1.165, 1.54) is 16.3 Å². The number of aliphatic carboxylic acids is 1. The summed E-state index contributed by atoms with van der Waals surface area (Å²) >= 11 is 2.51. The van der Waals surface area contributed by atoms with Gasteiger partial charge in [-0.2, -0.15) is 0 Å². The normalized spacial score (nSPS) is 15.2. The zero-order valence-electron chi connectivity index (χ0n) is 18.4. The Kier molecular flexibility index (Phi) is 7.81. The van der Waals surface area contributed by atoms with E-state index in [9.17, 15) is 4.79 Å². The van der Waals surface area contributed by atoms with E-state index >= 15 is 0 Å². The Morgan fingerprint density at radius 2 is 2.03 bits per heavy atom. The molecule has 2 aromatic carbocycles. The molecule has 0 saturated carbocycles. The van der Waals surface area contributed by atoms with E-state index < -0.39 is 5.97 Å². The minimum atomic E-state index is -0.778. The molecule has 164 valence electrons. The molecular weight excluding hydrogens is 499 g/mol. The summed E-state index contributed by atoms with van der Waals surface area (Å²) in [5, 5.41) is 15.0. The first kappa shape index (κ1) is 23.4. The Balaban J connectivity index is 1.95. The predicted octanol–water partition coefficient (Wildman–Crippen LogP) is 6.17. The second-order valence-electron chi connectivity index (χ2n) is 8.51. The molecule has 0 fully saturated rings. The van der Waals surface area contributed by atoms with Gasteiger partial charge in [-0.05, 0) is 47.5 Å². The third kappa shape index (κ3) is 5.70. The van der Waals surface area contributed by atoms with Crippen LogP contribution in [0.4, 0.5) is 5.69 Å². The smallest absolute Gasteiger partial charge is 0.305 e. The lowest BCUT2D eigenvalue weighted by molar-refractivity contribution is -0.136. The number of benzene rings is 2. The molecule has 0 bridgehead atoms. The van der Waals surface area contributed by atoms with Crippen molar-refractivity contribution in [2.75, 3.05) is 18.5 Å². The fraction of sp³-hybridized carbons (Fsp3) is 0.346. The van der Waals surface area contributed by atoms with Crippen LogP contribution in [0.3, 0.4) is 0 Å². The largest absolute Gasteiger partial charge is 0.481 e. The number of carboxylic acid groups (broad SMARTS) is 1. The lowest BCUT2D eigenvalue weighted by Gasteiger charge is -2.35. The van der Waals surface area contributed by atoms with Gasteiger partial charge in [-0.3, -0.25) is 4.79 Å². The summed E-state index contributed by atoms with van der Waals surface area (Å²) in [7, 11) is 1.98. The molecule has 0 saturated heterocycles. The molecule has 0 spiro atoms. The fourth-order valence-electron chi connectivity index (χ4n) is 3.97. The van der Waals surface area contributed by atoms with Gasteiger partial charge in [-0.15, -0.1) is 0 Å². The summed E-state index contributed by atoms with van der Waals surface area (Å²) in [6.07, 6.45) is 13.1. The van der Waals surface area contributed by atoms with Crippen molar-refractivity contribution in [1.29, 1.82) is 0 Å². The fourth-order valence-corrected chi connectivity index (χ4v) is 4.49. The van der Waals surface area contributed by atoms with Crippen LogP contribution >= 0.6 is 22.6 Å². The van der Waals surface area contributed by atoms with Crippen molar-refractivity contribution in [3.8, 4) is 0 Å². The number of allylic oxidation sites excluding steroid dienone is 4. The number of alkyl halides is 1. The lowest BCUT2D eigenvalue weighted by Crippen LogP contribution is -2.32. The Bertz CT molecular complexity index is 1020. The molecule has 3 rings (SSSR count). The Morgan fingerprint density at radius 1 is 1.26 bits per heavy atom. The van der Waals surface area contributed by atoms with Crippen LogP contribution in [0.5, 0.6) is 0 Å². The highest BCUT2D eigenvalue weighted by Gasteiger charge is 2.32. The van der Waals surface area contributed by atoms with Gasteiger partial charge in [-0.25, -0.2) is 0 Å². The molecule has 1 aliphatic carbocycles. The van der Waals surface area contributed by atoms with Crippen molar-refractivity contribution < 1.29 is 9.90 Å². The third-order valence-corrected chi connectivity index (χ3v) is 7.80. The van der Waals surface area contributed by atoms with Crippen LogP contribution < -0.4 is 10.2 Å². The van der Waals surface area contributed by atoms with Gasteiger partial charge in [0.2, 0.25) is 0 Å². The summed E-state index contributed by atoms with van der Waals surface area (Å²) in [4.78, 5) is 13.2. The summed E-state index contributed by atoms with van der Waals surface area (Å²) in [5.41, 5.74) is 3.30. The maximum Gasteiger partial charge on any atom is 0.305 e. The first-order chi connectivity index (χ1) is 14.8. The second-order valence-corrected chi connectivity index (χ2v) is 9.85. The summed E-state index contributed by atoms with van der Waals surface area (Å²) in [6, 6.07) is 12.7. The number of hydrogen-bond acceptors (Lipinski definition) is 3. The van der Waals surface area contributed by atoms with Crippen molar-refractivity contribution in [3.05, 3.63) is 78.2 Å². The number of carbonyl (C=O) groups is 1. The number of halogens is 1. The monoisotopic (exact) mass is 530 g/mol. The first-order valence-corrected chi connectivity index (χ1v) is 11.9. The van der Waals surface area contributed by atoms with Gasteiger partial charge in [0.15, 0.2) is 0 Å². The van der Waals surface area contributed by atoms with Crippen LogP contribution in [0.1, 0.15) is 38.7 Å². The predicted molar refractivity (Wildman–Crippen MR) is 139 cm³/mol. The molecule has 0 amide bonds. The van der Waals surface area contributed by atoms with E-state index in [2.05, 4.69) is 107 Å². The second kappa shape index (κ2) is 10.4. The lowest BCUT2D eigenvalue weighted by atomic mass is 9.77. The molecule has 0 aliphatic heterocycles. The van der Waals surface area contributed by atoms with Crippen molar-refractivity contribution >= 4 is 45.0 Å². The van der Waals surface area contributed by atoms with E-state index in [4.69, 9.17) is 5.11 Å². The van der Waals surface area contributed by atoms with Gasteiger partial charge in [-0.1, -0.05) is 85.0 Å². The standard InChI is InChI=1S/C26H31IN2O2/c1-26(2,23(27)15-17-28-20-10-5-4-6-11-20)25-21-12-8-7-9-19(21)13-14-22(25)29(3)18-16-24(30)31/h5,7-15,17,23,28H,4,6,16,18H2,1-3H3,(H,30,31)/b17-15+. The quantitative estimate of drug-likeness (QED) is 0.301. The molecule has 0 radical (unpaired) electrons. The van der Waals surface area contributed by atoms with Gasteiger partial charge in [0.25, 0.3) is 0 Å². The van der Waals surface area contributed by atoms with Crippen molar-refractivity contribution in [1.82, 2.24) is 5.32 Å². The van der Waals surface area contributed by atoms with Crippen LogP contribution in [0.15, 0.2) is 72.6 Å². The Morgan fingerprint density at radius 3 is 2.74 bits per heavy atom. The van der Waals surface area contributed by atoms with E-state index in [0.717, 1.165) is 24.2 Å². The number of hydrogen-bond donors (Lipinski definition) is 2. The Hall–Kier alpha value is -2.28. The van der Waals surface area contributed by atoms with Gasteiger partial charge in [0, 0.05) is 34.3 Å². The molecule has 5 heteroatoms.